The van der Waals surface area contributed by atoms with Gasteiger partial charge in [-0.1, -0.05) is 12.1 Å². The topological polar surface area (TPSA) is 107 Å². The summed E-state index contributed by atoms with van der Waals surface area (Å²) in [6, 6.07) is 6.76. The maximum atomic E-state index is 11.5. The quantitative estimate of drug-likeness (QED) is 0.739. The third-order valence-corrected chi connectivity index (χ3v) is 2.34. The van der Waals surface area contributed by atoms with E-state index in [1.165, 1.54) is 4.57 Å². The van der Waals surface area contributed by atoms with Gasteiger partial charge in [0.15, 0.2) is 5.58 Å². The summed E-state index contributed by atoms with van der Waals surface area (Å²) in [5, 5.41) is 2.30. The minimum absolute atomic E-state index is 0.219. The molecule has 1 aromatic heterocycles. The van der Waals surface area contributed by atoms with Crippen molar-refractivity contribution in [2.24, 2.45) is 5.73 Å². The van der Waals surface area contributed by atoms with Crippen LogP contribution in [0, 0.1) is 0 Å². The highest BCUT2D eigenvalue weighted by atomic mass is 16.4. The number of nitrogens with one attached hydrogen (secondary N) is 1. The summed E-state index contributed by atoms with van der Waals surface area (Å²) >= 11 is 0. The summed E-state index contributed by atoms with van der Waals surface area (Å²) in [5.74, 6) is -1.75. The Balaban J connectivity index is 2.21. The molecule has 0 aliphatic heterocycles. The lowest BCUT2D eigenvalue weighted by Crippen LogP contribution is -2.36. The molecule has 0 unspecified atom stereocenters. The van der Waals surface area contributed by atoms with Crippen LogP contribution >= 0.6 is 0 Å². The van der Waals surface area contributed by atoms with Gasteiger partial charge >= 0.3 is 5.76 Å². The number of nitrogens with two attached hydrogens (primary N) is 1. The average molecular weight is 249 g/mol. The van der Waals surface area contributed by atoms with Gasteiger partial charge in [-0.25, -0.2) is 4.79 Å². The molecule has 7 heteroatoms. The van der Waals surface area contributed by atoms with Crippen molar-refractivity contribution in [2.45, 2.75) is 6.54 Å². The Hall–Kier alpha value is -2.57. The van der Waals surface area contributed by atoms with E-state index in [-0.39, 0.29) is 13.1 Å². The molecule has 2 aromatic rings. The normalized spacial score (nSPS) is 10.4. The highest BCUT2D eigenvalue weighted by molar-refractivity contribution is 5.84. The van der Waals surface area contributed by atoms with E-state index in [0.717, 1.165) is 0 Å². The fourth-order valence-corrected chi connectivity index (χ4v) is 1.55. The van der Waals surface area contributed by atoms with Gasteiger partial charge in [0.25, 0.3) is 0 Å². The Bertz CT molecular complexity index is 656. The molecule has 94 valence electrons. The highest BCUT2D eigenvalue weighted by Gasteiger charge is 2.12. The zero-order valence-electron chi connectivity index (χ0n) is 9.38. The van der Waals surface area contributed by atoms with E-state index in [1.807, 2.05) is 0 Å². The monoisotopic (exact) mass is 249 g/mol. The Morgan fingerprint density at radius 2 is 2.06 bits per heavy atom. The zero-order chi connectivity index (χ0) is 13.1. The van der Waals surface area contributed by atoms with Crippen LogP contribution < -0.4 is 16.8 Å². The first-order chi connectivity index (χ1) is 8.58. The summed E-state index contributed by atoms with van der Waals surface area (Å²) in [7, 11) is 0. The molecule has 2 rings (SSSR count). The molecule has 0 saturated heterocycles. The molecular formula is C11H11N3O4. The minimum Gasteiger partial charge on any atom is -0.408 e. The molecule has 0 atom stereocenters. The number of oxazole rings is 1. The predicted molar refractivity (Wildman–Crippen MR) is 62.7 cm³/mol. The van der Waals surface area contributed by atoms with E-state index >= 15 is 0 Å². The number of hydrogen-bond acceptors (Lipinski definition) is 4. The fraction of sp³-hybridized carbons (Fsp3) is 0.182. The first-order valence-electron chi connectivity index (χ1n) is 5.21. The lowest BCUT2D eigenvalue weighted by Gasteiger charge is -2.03. The molecule has 3 N–H and O–H groups in total. The molecule has 18 heavy (non-hydrogen) atoms. The zero-order valence-corrected chi connectivity index (χ0v) is 9.38. The number of primary amides is 1. The van der Waals surface area contributed by atoms with Gasteiger partial charge in [0, 0.05) is 0 Å². The summed E-state index contributed by atoms with van der Waals surface area (Å²) in [6.07, 6.45) is 0. The Kier molecular flexibility index (Phi) is 3.13. The van der Waals surface area contributed by atoms with Crippen LogP contribution in [0.25, 0.3) is 11.1 Å². The van der Waals surface area contributed by atoms with E-state index in [4.69, 9.17) is 10.2 Å². The number of carbonyl (C=O) groups is 2. The Morgan fingerprint density at radius 3 is 2.78 bits per heavy atom. The van der Waals surface area contributed by atoms with Gasteiger partial charge in [0.05, 0.1) is 12.1 Å². The highest BCUT2D eigenvalue weighted by Crippen LogP contribution is 2.11. The van der Waals surface area contributed by atoms with Crippen molar-refractivity contribution in [1.82, 2.24) is 9.88 Å². The van der Waals surface area contributed by atoms with E-state index < -0.39 is 17.6 Å². The smallest absolute Gasteiger partial charge is 0.408 e. The third-order valence-electron chi connectivity index (χ3n) is 2.34. The molecule has 7 nitrogen and oxygen atoms in total. The minimum atomic E-state index is -0.646. The van der Waals surface area contributed by atoms with Gasteiger partial charge in [-0.05, 0) is 12.1 Å². The molecular weight excluding hydrogens is 238 g/mol. The summed E-state index contributed by atoms with van der Waals surface area (Å²) < 4.78 is 6.15. The van der Waals surface area contributed by atoms with Crippen LogP contribution in [-0.4, -0.2) is 22.9 Å². The van der Waals surface area contributed by atoms with E-state index in [9.17, 15) is 14.4 Å². The molecule has 0 aliphatic rings. The standard InChI is InChI=1S/C11H11N3O4/c12-9(15)5-13-10(16)6-14-7-3-1-2-4-8(7)18-11(14)17/h1-4H,5-6H2,(H2,12,15)(H,13,16). The van der Waals surface area contributed by atoms with Crippen LogP contribution in [-0.2, 0) is 16.1 Å². The third kappa shape index (κ3) is 2.40. The maximum Gasteiger partial charge on any atom is 0.420 e. The predicted octanol–water partition coefficient (Wildman–Crippen LogP) is -0.804. The molecule has 0 aliphatic carbocycles. The van der Waals surface area contributed by atoms with Crippen molar-refractivity contribution in [3.05, 3.63) is 34.8 Å². The van der Waals surface area contributed by atoms with Crippen molar-refractivity contribution in [2.75, 3.05) is 6.54 Å². The molecule has 1 aromatic carbocycles. The van der Waals surface area contributed by atoms with Crippen molar-refractivity contribution in [3.8, 4) is 0 Å². The fourth-order valence-electron chi connectivity index (χ4n) is 1.55. The number of benzene rings is 1. The number of fused-ring (bicyclic) bond motifs is 1. The molecule has 0 bridgehead atoms. The summed E-state index contributed by atoms with van der Waals surface area (Å²) in [6.45, 7) is -0.480. The lowest BCUT2D eigenvalue weighted by atomic mass is 10.3. The second-order valence-corrected chi connectivity index (χ2v) is 3.66. The number of para-hydroxylation sites is 2. The molecule has 1 heterocycles. The number of carbonyl (C=O) groups excluding carboxylic acids is 2. The van der Waals surface area contributed by atoms with Crippen LogP contribution in [0.4, 0.5) is 0 Å². The van der Waals surface area contributed by atoms with E-state index in [2.05, 4.69) is 5.32 Å². The van der Waals surface area contributed by atoms with Gasteiger partial charge in [0.2, 0.25) is 11.8 Å². The van der Waals surface area contributed by atoms with Gasteiger partial charge in [0.1, 0.15) is 6.54 Å². The van der Waals surface area contributed by atoms with Crippen molar-refractivity contribution in [1.29, 1.82) is 0 Å². The lowest BCUT2D eigenvalue weighted by molar-refractivity contribution is -0.125. The molecule has 0 radical (unpaired) electrons. The van der Waals surface area contributed by atoms with Crippen LogP contribution in [0.15, 0.2) is 33.5 Å². The second-order valence-electron chi connectivity index (χ2n) is 3.66. The maximum absolute atomic E-state index is 11.5. The van der Waals surface area contributed by atoms with Crippen molar-refractivity contribution < 1.29 is 14.0 Å². The Morgan fingerprint density at radius 1 is 1.33 bits per heavy atom. The SMILES string of the molecule is NC(=O)CNC(=O)Cn1c(=O)oc2ccccc21. The number of amides is 2. The molecule has 0 saturated carbocycles. The number of hydrogen-bond donors (Lipinski definition) is 2. The first kappa shape index (κ1) is 11.9. The van der Waals surface area contributed by atoms with Gasteiger partial charge in [-0.2, -0.15) is 0 Å². The van der Waals surface area contributed by atoms with Crippen molar-refractivity contribution in [3.63, 3.8) is 0 Å². The molecule has 0 spiro atoms. The van der Waals surface area contributed by atoms with Crippen LogP contribution in [0.2, 0.25) is 0 Å². The van der Waals surface area contributed by atoms with Gasteiger partial charge in [-0.15, -0.1) is 0 Å². The first-order valence-corrected chi connectivity index (χ1v) is 5.21. The average Bonchev–Trinajstić information content (AvgIpc) is 2.64. The molecule has 0 fully saturated rings. The van der Waals surface area contributed by atoms with E-state index in [0.29, 0.717) is 11.1 Å². The Labute approximate surface area is 101 Å². The largest absolute Gasteiger partial charge is 0.420 e. The number of aromatic nitrogens is 1. The van der Waals surface area contributed by atoms with Crippen LogP contribution in [0.5, 0.6) is 0 Å². The number of nitrogens with zero attached hydrogens (tertiary/aromatic N) is 1. The number of rotatable bonds is 4. The van der Waals surface area contributed by atoms with Crippen LogP contribution in [0.1, 0.15) is 0 Å². The van der Waals surface area contributed by atoms with Gasteiger partial charge in [-0.3, -0.25) is 14.2 Å². The van der Waals surface area contributed by atoms with E-state index in [1.54, 1.807) is 24.3 Å². The molecule has 2 amide bonds. The summed E-state index contributed by atoms with van der Waals surface area (Å²) in [5.41, 5.74) is 5.83. The summed E-state index contributed by atoms with van der Waals surface area (Å²) in [4.78, 5) is 33.5. The van der Waals surface area contributed by atoms with Crippen LogP contribution in [0.3, 0.4) is 0 Å². The van der Waals surface area contributed by atoms with Gasteiger partial charge < -0.3 is 15.5 Å². The second kappa shape index (κ2) is 4.74. The van der Waals surface area contributed by atoms with Crippen molar-refractivity contribution >= 4 is 22.9 Å².